The second-order valence-corrected chi connectivity index (χ2v) is 4.11. The van der Waals surface area contributed by atoms with Gasteiger partial charge in [0.25, 0.3) is 0 Å². The molecule has 0 aliphatic heterocycles. The second-order valence-electron chi connectivity index (χ2n) is 3.27. The number of hydrogen-bond donors (Lipinski definition) is 0. The third kappa shape index (κ3) is 2.39. The van der Waals surface area contributed by atoms with Crippen molar-refractivity contribution in [3.63, 3.8) is 0 Å². The van der Waals surface area contributed by atoms with Gasteiger partial charge in [0.2, 0.25) is 0 Å². The van der Waals surface area contributed by atoms with Crippen molar-refractivity contribution in [2.24, 2.45) is 0 Å². The van der Waals surface area contributed by atoms with Crippen LogP contribution in [0.3, 0.4) is 0 Å². The number of aromatic nitrogens is 2. The van der Waals surface area contributed by atoms with Crippen molar-refractivity contribution in [1.82, 2.24) is 9.36 Å². The molecule has 0 radical (unpaired) electrons. The lowest BCUT2D eigenvalue weighted by molar-refractivity contribution is 0.628. The topological polar surface area (TPSA) is 25.8 Å². The summed E-state index contributed by atoms with van der Waals surface area (Å²) in [6.07, 6.45) is 2.02. The number of benzene rings is 1. The fraction of sp³-hybridized carbons (Fsp3) is 0.273. The summed E-state index contributed by atoms with van der Waals surface area (Å²) in [5.41, 5.74) is 0.870. The largest absolute Gasteiger partial charge is 0.220 e. The van der Waals surface area contributed by atoms with Gasteiger partial charge in [-0.3, -0.25) is 0 Å². The van der Waals surface area contributed by atoms with Crippen molar-refractivity contribution in [2.45, 2.75) is 19.8 Å². The van der Waals surface area contributed by atoms with Gasteiger partial charge in [0.1, 0.15) is 10.8 Å². The highest BCUT2D eigenvalue weighted by molar-refractivity contribution is 7.05. The molecule has 1 aromatic carbocycles. The normalized spacial score (nSPS) is 10.5. The molecule has 1 aromatic heterocycles. The van der Waals surface area contributed by atoms with Gasteiger partial charge in [0.15, 0.2) is 5.82 Å². The molecule has 0 unspecified atom stereocenters. The molecular formula is C11H11FN2S. The minimum absolute atomic E-state index is 0.234. The van der Waals surface area contributed by atoms with Crippen molar-refractivity contribution >= 4 is 11.5 Å². The van der Waals surface area contributed by atoms with E-state index >= 15 is 0 Å². The third-order valence-electron chi connectivity index (χ3n) is 2.03. The predicted molar refractivity (Wildman–Crippen MR) is 59.3 cm³/mol. The molecule has 0 aliphatic carbocycles. The Hall–Kier alpha value is -1.29. The van der Waals surface area contributed by atoms with Crippen LogP contribution in [0.25, 0.3) is 11.4 Å². The van der Waals surface area contributed by atoms with Gasteiger partial charge in [-0.15, -0.1) is 0 Å². The lowest BCUT2D eigenvalue weighted by Crippen LogP contribution is -1.83. The molecule has 0 amide bonds. The molecule has 2 aromatic rings. The van der Waals surface area contributed by atoms with Crippen LogP contribution in [0.5, 0.6) is 0 Å². The quantitative estimate of drug-likeness (QED) is 0.796. The second kappa shape index (κ2) is 4.49. The summed E-state index contributed by atoms with van der Waals surface area (Å²) >= 11 is 1.42. The minimum atomic E-state index is -0.234. The molecule has 2 nitrogen and oxygen atoms in total. The molecule has 0 spiro atoms. The average Bonchev–Trinajstić information content (AvgIpc) is 2.68. The number of hydrogen-bond acceptors (Lipinski definition) is 3. The van der Waals surface area contributed by atoms with Gasteiger partial charge in [0, 0.05) is 12.0 Å². The Bertz CT molecular complexity index is 436. The molecule has 78 valence electrons. The first-order valence-corrected chi connectivity index (χ1v) is 5.65. The first-order chi connectivity index (χ1) is 7.29. The van der Waals surface area contributed by atoms with E-state index in [1.165, 1.54) is 23.7 Å². The maximum Gasteiger partial charge on any atom is 0.173 e. The van der Waals surface area contributed by atoms with Crippen LogP contribution in [0.4, 0.5) is 4.39 Å². The summed E-state index contributed by atoms with van der Waals surface area (Å²) in [4.78, 5) is 4.38. The van der Waals surface area contributed by atoms with Gasteiger partial charge >= 0.3 is 0 Å². The van der Waals surface area contributed by atoms with Crippen molar-refractivity contribution < 1.29 is 4.39 Å². The summed E-state index contributed by atoms with van der Waals surface area (Å²) in [5.74, 6) is 0.464. The SMILES string of the molecule is CCCc1nc(-c2ccc(F)cc2)ns1. The number of halogens is 1. The van der Waals surface area contributed by atoms with E-state index in [4.69, 9.17) is 0 Å². The zero-order chi connectivity index (χ0) is 10.7. The van der Waals surface area contributed by atoms with E-state index in [9.17, 15) is 4.39 Å². The molecule has 0 saturated heterocycles. The predicted octanol–water partition coefficient (Wildman–Crippen LogP) is 3.30. The van der Waals surface area contributed by atoms with Crippen LogP contribution < -0.4 is 0 Å². The Labute approximate surface area is 92.0 Å². The lowest BCUT2D eigenvalue weighted by Gasteiger charge is -1.93. The van der Waals surface area contributed by atoms with Crippen LogP contribution in [0.2, 0.25) is 0 Å². The summed E-state index contributed by atoms with van der Waals surface area (Å²) in [6, 6.07) is 6.26. The molecule has 0 fully saturated rings. The minimum Gasteiger partial charge on any atom is -0.220 e. The van der Waals surface area contributed by atoms with Crippen LogP contribution in [0, 0.1) is 5.82 Å². The molecule has 4 heteroatoms. The van der Waals surface area contributed by atoms with E-state index in [0.717, 1.165) is 23.4 Å². The van der Waals surface area contributed by atoms with E-state index < -0.39 is 0 Å². The number of rotatable bonds is 3. The van der Waals surface area contributed by atoms with E-state index in [-0.39, 0.29) is 5.82 Å². The molecule has 15 heavy (non-hydrogen) atoms. The van der Waals surface area contributed by atoms with Crippen LogP contribution in [-0.4, -0.2) is 9.36 Å². The molecule has 0 saturated carbocycles. The van der Waals surface area contributed by atoms with Gasteiger partial charge in [-0.05, 0) is 42.2 Å². The van der Waals surface area contributed by atoms with E-state index in [1.54, 1.807) is 12.1 Å². The van der Waals surface area contributed by atoms with Crippen molar-refractivity contribution in [2.75, 3.05) is 0 Å². The fourth-order valence-electron chi connectivity index (χ4n) is 1.29. The standard InChI is InChI=1S/C11H11FN2S/c1-2-3-10-13-11(14-15-10)8-4-6-9(12)7-5-8/h4-7H,2-3H2,1H3. The maximum absolute atomic E-state index is 12.7. The Morgan fingerprint density at radius 3 is 2.67 bits per heavy atom. The third-order valence-corrected chi connectivity index (χ3v) is 2.80. The highest BCUT2D eigenvalue weighted by Gasteiger charge is 2.05. The Morgan fingerprint density at radius 1 is 1.27 bits per heavy atom. The lowest BCUT2D eigenvalue weighted by atomic mass is 10.2. The zero-order valence-corrected chi connectivity index (χ0v) is 9.22. The highest BCUT2D eigenvalue weighted by atomic mass is 32.1. The van der Waals surface area contributed by atoms with Gasteiger partial charge in [-0.1, -0.05) is 6.92 Å². The summed E-state index contributed by atoms with van der Waals surface area (Å²) in [7, 11) is 0. The van der Waals surface area contributed by atoms with Crippen LogP contribution in [-0.2, 0) is 6.42 Å². The Balaban J connectivity index is 2.25. The van der Waals surface area contributed by atoms with Crippen molar-refractivity contribution in [3.8, 4) is 11.4 Å². The van der Waals surface area contributed by atoms with Crippen molar-refractivity contribution in [3.05, 3.63) is 35.1 Å². The molecule has 1 heterocycles. The fourth-order valence-corrected chi connectivity index (χ4v) is 2.05. The number of aryl methyl sites for hydroxylation is 1. The van der Waals surface area contributed by atoms with E-state index in [2.05, 4.69) is 16.3 Å². The average molecular weight is 222 g/mol. The first-order valence-electron chi connectivity index (χ1n) is 4.88. The van der Waals surface area contributed by atoms with Gasteiger partial charge < -0.3 is 0 Å². The van der Waals surface area contributed by atoms with Gasteiger partial charge in [-0.2, -0.15) is 4.37 Å². The molecule has 0 N–H and O–H groups in total. The van der Waals surface area contributed by atoms with Crippen LogP contribution in [0.1, 0.15) is 18.4 Å². The molecule has 0 atom stereocenters. The summed E-state index contributed by atoms with van der Waals surface area (Å²) in [5, 5.41) is 1.04. The van der Waals surface area contributed by atoms with E-state index in [1.807, 2.05) is 0 Å². The molecular weight excluding hydrogens is 211 g/mol. The Morgan fingerprint density at radius 2 is 2.00 bits per heavy atom. The van der Waals surface area contributed by atoms with Crippen LogP contribution in [0.15, 0.2) is 24.3 Å². The monoisotopic (exact) mass is 222 g/mol. The molecule has 0 bridgehead atoms. The molecule has 0 aliphatic rings. The smallest absolute Gasteiger partial charge is 0.173 e. The van der Waals surface area contributed by atoms with E-state index in [0.29, 0.717) is 5.82 Å². The number of nitrogens with zero attached hydrogens (tertiary/aromatic N) is 2. The maximum atomic E-state index is 12.7. The zero-order valence-electron chi connectivity index (χ0n) is 8.40. The molecule has 2 rings (SSSR count). The van der Waals surface area contributed by atoms with Gasteiger partial charge in [0.05, 0.1) is 0 Å². The summed E-state index contributed by atoms with van der Waals surface area (Å²) < 4.78 is 16.9. The highest BCUT2D eigenvalue weighted by Crippen LogP contribution is 2.19. The van der Waals surface area contributed by atoms with Gasteiger partial charge in [-0.25, -0.2) is 9.37 Å². The Kier molecular flexibility index (Phi) is 3.06. The first kappa shape index (κ1) is 10.2. The van der Waals surface area contributed by atoms with Crippen LogP contribution >= 0.6 is 11.5 Å². The van der Waals surface area contributed by atoms with Crippen molar-refractivity contribution in [1.29, 1.82) is 0 Å². The summed E-state index contributed by atoms with van der Waals surface area (Å²) in [6.45, 7) is 2.11.